The summed E-state index contributed by atoms with van der Waals surface area (Å²) in [6.45, 7) is 6.66. The second-order valence-electron chi connectivity index (χ2n) is 21.7. The molecule has 0 amide bonds. The number of hydrogen-bond donors (Lipinski definition) is 0. The molecule has 0 saturated heterocycles. The average Bonchev–Trinajstić information content (AvgIpc) is 3.38. The van der Waals surface area contributed by atoms with E-state index in [2.05, 4.69) is 57.2 Å². The molecule has 0 spiro atoms. The zero-order valence-corrected chi connectivity index (χ0v) is 48.5. The van der Waals surface area contributed by atoms with E-state index in [9.17, 15) is 14.4 Å². The third kappa shape index (κ3) is 58.5. The van der Waals surface area contributed by atoms with Gasteiger partial charge >= 0.3 is 17.9 Å². The van der Waals surface area contributed by atoms with Crippen molar-refractivity contribution < 1.29 is 28.6 Å². The van der Waals surface area contributed by atoms with Gasteiger partial charge in [-0.2, -0.15) is 0 Å². The Kier molecular flexibility index (Phi) is 59.2. The van der Waals surface area contributed by atoms with Gasteiger partial charge in [0.2, 0.25) is 0 Å². The molecule has 0 aliphatic carbocycles. The van der Waals surface area contributed by atoms with Gasteiger partial charge in [-0.3, -0.25) is 14.4 Å². The first-order chi connectivity index (χ1) is 35.5. The van der Waals surface area contributed by atoms with Gasteiger partial charge in [0.15, 0.2) is 6.10 Å². The summed E-state index contributed by atoms with van der Waals surface area (Å²) in [7, 11) is 0. The first-order valence-corrected chi connectivity index (χ1v) is 32.0. The summed E-state index contributed by atoms with van der Waals surface area (Å²) in [4.78, 5) is 38.3. The van der Waals surface area contributed by atoms with Gasteiger partial charge in [-0.05, 0) is 57.8 Å². The molecule has 0 rings (SSSR count). The van der Waals surface area contributed by atoms with Gasteiger partial charge < -0.3 is 14.2 Å². The van der Waals surface area contributed by atoms with Gasteiger partial charge in [0.05, 0.1) is 0 Å². The zero-order chi connectivity index (χ0) is 52.2. The third-order valence-corrected chi connectivity index (χ3v) is 14.4. The van der Waals surface area contributed by atoms with E-state index >= 15 is 0 Å². The molecule has 0 bridgehead atoms. The maximum atomic E-state index is 12.9. The van der Waals surface area contributed by atoms with Gasteiger partial charge in [-0.1, -0.05) is 308 Å². The van der Waals surface area contributed by atoms with Crippen molar-refractivity contribution in [3.8, 4) is 0 Å². The van der Waals surface area contributed by atoms with Crippen LogP contribution in [-0.4, -0.2) is 37.2 Å². The fourth-order valence-corrected chi connectivity index (χ4v) is 9.57. The predicted molar refractivity (Wildman–Crippen MR) is 312 cm³/mol. The van der Waals surface area contributed by atoms with Gasteiger partial charge in [0, 0.05) is 19.3 Å². The van der Waals surface area contributed by atoms with E-state index < -0.39 is 6.10 Å². The lowest BCUT2D eigenvalue weighted by atomic mass is 10.0. The van der Waals surface area contributed by atoms with Gasteiger partial charge in [-0.15, -0.1) is 0 Å². The summed E-state index contributed by atoms with van der Waals surface area (Å²) in [5, 5.41) is 0. The lowest BCUT2D eigenvalue weighted by Crippen LogP contribution is -2.30. The lowest BCUT2D eigenvalue weighted by Gasteiger charge is -2.18. The predicted octanol–water partition coefficient (Wildman–Crippen LogP) is 21.6. The highest BCUT2D eigenvalue weighted by Gasteiger charge is 2.19. The minimum Gasteiger partial charge on any atom is -0.462 e. The molecular weight excluding hydrogens is 889 g/mol. The summed E-state index contributed by atoms with van der Waals surface area (Å²) in [5.74, 6) is -0.870. The van der Waals surface area contributed by atoms with E-state index in [0.717, 1.165) is 83.5 Å². The van der Waals surface area contributed by atoms with E-state index in [1.54, 1.807) is 0 Å². The quantitative estimate of drug-likeness (QED) is 0.0261. The Morgan fingerprint density at radius 1 is 0.278 bits per heavy atom. The molecule has 0 unspecified atom stereocenters. The number of carbonyl (C=O) groups excluding carboxylic acids is 3. The minimum atomic E-state index is -0.778. The molecule has 0 aromatic heterocycles. The Labute approximate surface area is 448 Å². The Morgan fingerprint density at radius 3 is 0.806 bits per heavy atom. The largest absolute Gasteiger partial charge is 0.462 e. The first kappa shape index (κ1) is 69.6. The molecule has 0 aromatic carbocycles. The van der Waals surface area contributed by atoms with E-state index in [0.29, 0.717) is 19.3 Å². The molecule has 0 radical (unpaired) electrons. The van der Waals surface area contributed by atoms with Crippen LogP contribution in [0, 0.1) is 0 Å². The number of unbranched alkanes of at least 4 members (excludes halogenated alkanes) is 42. The number of rotatable bonds is 59. The second kappa shape index (κ2) is 61.2. The molecule has 6 heteroatoms. The van der Waals surface area contributed by atoms with E-state index in [-0.39, 0.29) is 31.1 Å². The molecule has 0 aromatic rings. The van der Waals surface area contributed by atoms with Gasteiger partial charge in [0.1, 0.15) is 13.2 Å². The van der Waals surface area contributed by atoms with Crippen molar-refractivity contribution in [3.05, 3.63) is 36.5 Å². The molecule has 0 aliphatic heterocycles. The first-order valence-electron chi connectivity index (χ1n) is 32.0. The maximum Gasteiger partial charge on any atom is 0.306 e. The molecule has 0 saturated carbocycles. The maximum absolute atomic E-state index is 12.9. The molecule has 1 atom stereocenters. The lowest BCUT2D eigenvalue weighted by molar-refractivity contribution is -0.167. The van der Waals surface area contributed by atoms with Crippen molar-refractivity contribution in [3.63, 3.8) is 0 Å². The Morgan fingerprint density at radius 2 is 0.500 bits per heavy atom. The summed E-state index contributed by atoms with van der Waals surface area (Å²) in [5.41, 5.74) is 0. The Hall–Kier alpha value is -2.37. The molecule has 0 aliphatic rings. The standard InChI is InChI=1S/C66H122O6/c1-4-7-10-13-16-19-22-25-28-31-33-36-38-41-44-47-50-53-56-59-65(68)71-62-63(61-70-64(67)58-55-52-49-46-43-40-37-34-30-27-24-21-18-15-12-9-6-3)72-66(69)60-57-54-51-48-45-42-39-35-32-29-26-23-20-17-14-11-8-5-2/h18,21,27,30,37,40,63H,4-17,19-20,22-26,28-29,31-36,38-39,41-62H2,1-3H3/b21-18+,30-27+,40-37+/t63-/m1/s1. The van der Waals surface area contributed by atoms with E-state index in [1.807, 2.05) is 0 Å². The van der Waals surface area contributed by atoms with Crippen LogP contribution < -0.4 is 0 Å². The van der Waals surface area contributed by atoms with Crippen molar-refractivity contribution in [1.29, 1.82) is 0 Å². The number of ether oxygens (including phenoxy) is 3. The second-order valence-corrected chi connectivity index (χ2v) is 21.7. The van der Waals surface area contributed by atoms with E-state index in [1.165, 1.54) is 225 Å². The fraction of sp³-hybridized carbons (Fsp3) is 0.864. The van der Waals surface area contributed by atoms with Crippen LogP contribution in [0.1, 0.15) is 348 Å². The van der Waals surface area contributed by atoms with Crippen molar-refractivity contribution in [2.75, 3.05) is 13.2 Å². The highest BCUT2D eigenvalue weighted by molar-refractivity contribution is 5.71. The van der Waals surface area contributed by atoms with E-state index in [4.69, 9.17) is 14.2 Å². The normalized spacial score (nSPS) is 12.2. The van der Waals surface area contributed by atoms with Crippen LogP contribution in [0.15, 0.2) is 36.5 Å². The fourth-order valence-electron chi connectivity index (χ4n) is 9.57. The van der Waals surface area contributed by atoms with Crippen LogP contribution in [0.25, 0.3) is 0 Å². The summed E-state index contributed by atoms with van der Waals surface area (Å²) in [6.07, 6.45) is 74.3. The molecule has 0 heterocycles. The van der Waals surface area contributed by atoms with Crippen LogP contribution in [0.5, 0.6) is 0 Å². The van der Waals surface area contributed by atoms with Crippen LogP contribution in [0.2, 0.25) is 0 Å². The number of allylic oxidation sites excluding steroid dienone is 6. The SMILES string of the molecule is CCCCC/C=C/C/C=C/C/C=C/CCCCCCC(=O)OC[C@H](COC(=O)CCCCCCCCCCCCCCCCCCCCC)OC(=O)CCCCCCCCCCCCCCCCCCCC. The summed E-state index contributed by atoms with van der Waals surface area (Å²) >= 11 is 0. The van der Waals surface area contributed by atoms with Crippen LogP contribution in [0.4, 0.5) is 0 Å². The molecule has 0 N–H and O–H groups in total. The molecule has 6 nitrogen and oxygen atoms in total. The highest BCUT2D eigenvalue weighted by atomic mass is 16.6. The minimum absolute atomic E-state index is 0.0738. The third-order valence-electron chi connectivity index (χ3n) is 14.4. The van der Waals surface area contributed by atoms with Crippen LogP contribution in [-0.2, 0) is 28.6 Å². The smallest absolute Gasteiger partial charge is 0.306 e. The summed E-state index contributed by atoms with van der Waals surface area (Å²) in [6, 6.07) is 0. The topological polar surface area (TPSA) is 78.9 Å². The van der Waals surface area contributed by atoms with Crippen LogP contribution >= 0.6 is 0 Å². The molecule has 422 valence electrons. The summed E-state index contributed by atoms with van der Waals surface area (Å²) < 4.78 is 16.9. The number of carbonyl (C=O) groups is 3. The highest BCUT2D eigenvalue weighted by Crippen LogP contribution is 2.18. The van der Waals surface area contributed by atoms with Crippen LogP contribution in [0.3, 0.4) is 0 Å². The van der Waals surface area contributed by atoms with Gasteiger partial charge in [-0.25, -0.2) is 0 Å². The molecule has 0 fully saturated rings. The van der Waals surface area contributed by atoms with Crippen molar-refractivity contribution in [2.24, 2.45) is 0 Å². The number of hydrogen-bond acceptors (Lipinski definition) is 6. The average molecular weight is 1010 g/mol. The molecule has 72 heavy (non-hydrogen) atoms. The zero-order valence-electron chi connectivity index (χ0n) is 48.5. The Balaban J connectivity index is 4.35. The van der Waals surface area contributed by atoms with Gasteiger partial charge in [0.25, 0.3) is 0 Å². The monoisotopic (exact) mass is 1010 g/mol. The number of esters is 3. The Bertz CT molecular complexity index is 1210. The van der Waals surface area contributed by atoms with Crippen molar-refractivity contribution in [2.45, 2.75) is 354 Å². The van der Waals surface area contributed by atoms with Crippen molar-refractivity contribution in [1.82, 2.24) is 0 Å². The molecular formula is C66H122O6. The van der Waals surface area contributed by atoms with Crippen molar-refractivity contribution >= 4 is 17.9 Å².